The van der Waals surface area contributed by atoms with Gasteiger partial charge in [-0.05, 0) is 50.4 Å². The first-order valence-corrected chi connectivity index (χ1v) is 10.0. The van der Waals surface area contributed by atoms with Crippen LogP contribution in [0.15, 0.2) is 36.7 Å². The zero-order chi connectivity index (χ0) is 19.6. The standard InChI is InChI=1S/C22H28N4O2/c1-17-23-12-19(13-24-17)14-25-10-8-22(16-25)7-4-9-26(21(22)27)15-18-5-3-6-20(11-18)28-2/h3,5-6,11-13H,4,7-10,14-16H2,1-2H3/t22-/m0/s1. The number of hydrogen-bond acceptors (Lipinski definition) is 5. The number of amides is 1. The summed E-state index contributed by atoms with van der Waals surface area (Å²) in [5.41, 5.74) is 2.00. The Hall–Kier alpha value is -2.47. The lowest BCUT2D eigenvalue weighted by Gasteiger charge is -2.39. The number of methoxy groups -OCH3 is 1. The Balaban J connectivity index is 1.43. The van der Waals surface area contributed by atoms with Gasteiger partial charge in [-0.2, -0.15) is 0 Å². The van der Waals surface area contributed by atoms with Gasteiger partial charge in [-0.3, -0.25) is 9.69 Å². The van der Waals surface area contributed by atoms with Crippen LogP contribution >= 0.6 is 0 Å². The number of aryl methyl sites for hydroxylation is 1. The highest BCUT2D eigenvalue weighted by Crippen LogP contribution is 2.41. The van der Waals surface area contributed by atoms with Crippen molar-refractivity contribution in [3.05, 3.63) is 53.6 Å². The van der Waals surface area contributed by atoms with Crippen LogP contribution in [0.1, 0.15) is 36.2 Å². The summed E-state index contributed by atoms with van der Waals surface area (Å²) in [6.45, 7) is 5.98. The molecule has 0 bridgehead atoms. The molecule has 148 valence electrons. The molecule has 2 saturated heterocycles. The second-order valence-corrected chi connectivity index (χ2v) is 8.06. The number of benzene rings is 1. The maximum absolute atomic E-state index is 13.4. The van der Waals surface area contributed by atoms with E-state index in [1.165, 1.54) is 0 Å². The van der Waals surface area contributed by atoms with Gasteiger partial charge in [0.2, 0.25) is 5.91 Å². The summed E-state index contributed by atoms with van der Waals surface area (Å²) in [6, 6.07) is 8.01. The number of rotatable bonds is 5. The van der Waals surface area contributed by atoms with Crippen LogP contribution in [0.2, 0.25) is 0 Å². The van der Waals surface area contributed by atoms with E-state index in [0.717, 1.165) is 68.1 Å². The quantitative estimate of drug-likeness (QED) is 0.798. The molecule has 0 N–H and O–H groups in total. The summed E-state index contributed by atoms with van der Waals surface area (Å²) in [5, 5.41) is 0. The van der Waals surface area contributed by atoms with Crippen LogP contribution in [-0.2, 0) is 17.9 Å². The van der Waals surface area contributed by atoms with E-state index < -0.39 is 0 Å². The van der Waals surface area contributed by atoms with Crippen molar-refractivity contribution in [2.75, 3.05) is 26.7 Å². The Morgan fingerprint density at radius 2 is 1.93 bits per heavy atom. The van der Waals surface area contributed by atoms with Crippen molar-refractivity contribution in [3.63, 3.8) is 0 Å². The summed E-state index contributed by atoms with van der Waals surface area (Å²) < 4.78 is 5.32. The number of piperidine rings is 1. The maximum Gasteiger partial charge on any atom is 0.230 e. The predicted molar refractivity (Wildman–Crippen MR) is 107 cm³/mol. The smallest absolute Gasteiger partial charge is 0.230 e. The molecule has 1 spiro atoms. The number of likely N-dealkylation sites (tertiary alicyclic amines) is 2. The molecule has 1 amide bonds. The summed E-state index contributed by atoms with van der Waals surface area (Å²) in [5.74, 6) is 1.94. The largest absolute Gasteiger partial charge is 0.497 e. The Labute approximate surface area is 166 Å². The fourth-order valence-corrected chi connectivity index (χ4v) is 4.53. The van der Waals surface area contributed by atoms with Gasteiger partial charge in [0, 0.05) is 44.1 Å². The van der Waals surface area contributed by atoms with Gasteiger partial charge in [0.25, 0.3) is 0 Å². The third kappa shape index (κ3) is 3.87. The molecule has 0 radical (unpaired) electrons. The Kier molecular flexibility index (Phi) is 5.31. The molecule has 1 aromatic carbocycles. The van der Waals surface area contributed by atoms with E-state index in [1.54, 1.807) is 7.11 Å². The third-order valence-corrected chi connectivity index (χ3v) is 6.01. The number of ether oxygens (including phenoxy) is 1. The molecule has 2 aliphatic rings. The molecule has 0 saturated carbocycles. The van der Waals surface area contributed by atoms with E-state index >= 15 is 0 Å². The highest BCUT2D eigenvalue weighted by Gasteiger charge is 2.48. The normalized spacial score (nSPS) is 22.8. The minimum absolute atomic E-state index is 0.233. The highest BCUT2D eigenvalue weighted by molar-refractivity contribution is 5.84. The van der Waals surface area contributed by atoms with Crippen molar-refractivity contribution < 1.29 is 9.53 Å². The van der Waals surface area contributed by atoms with E-state index in [4.69, 9.17) is 4.74 Å². The van der Waals surface area contributed by atoms with Crippen LogP contribution < -0.4 is 4.74 Å². The number of hydrogen-bond donors (Lipinski definition) is 0. The highest BCUT2D eigenvalue weighted by atomic mass is 16.5. The Morgan fingerprint density at radius 3 is 2.71 bits per heavy atom. The van der Waals surface area contributed by atoms with Crippen molar-refractivity contribution >= 4 is 5.91 Å². The average molecular weight is 380 g/mol. The summed E-state index contributed by atoms with van der Waals surface area (Å²) in [7, 11) is 1.67. The molecular formula is C22H28N4O2. The number of carbonyl (C=O) groups is 1. The van der Waals surface area contributed by atoms with Gasteiger partial charge in [-0.1, -0.05) is 12.1 Å². The second kappa shape index (κ2) is 7.87. The zero-order valence-electron chi connectivity index (χ0n) is 16.7. The summed E-state index contributed by atoms with van der Waals surface area (Å²) >= 11 is 0. The molecule has 6 heteroatoms. The number of carbonyl (C=O) groups excluding carboxylic acids is 1. The van der Waals surface area contributed by atoms with Crippen LogP contribution in [0.5, 0.6) is 5.75 Å². The molecule has 2 fully saturated rings. The molecule has 4 rings (SSSR count). The van der Waals surface area contributed by atoms with Crippen LogP contribution in [-0.4, -0.2) is 52.4 Å². The molecule has 28 heavy (non-hydrogen) atoms. The van der Waals surface area contributed by atoms with Crippen LogP contribution in [0.3, 0.4) is 0 Å². The monoisotopic (exact) mass is 380 g/mol. The van der Waals surface area contributed by atoms with E-state index in [-0.39, 0.29) is 5.41 Å². The molecule has 1 aromatic heterocycles. The lowest BCUT2D eigenvalue weighted by atomic mass is 9.78. The molecule has 1 atom stereocenters. The zero-order valence-corrected chi connectivity index (χ0v) is 16.7. The minimum Gasteiger partial charge on any atom is -0.497 e. The molecular weight excluding hydrogens is 352 g/mol. The van der Waals surface area contributed by atoms with Crippen LogP contribution in [0, 0.1) is 12.3 Å². The van der Waals surface area contributed by atoms with Gasteiger partial charge >= 0.3 is 0 Å². The molecule has 6 nitrogen and oxygen atoms in total. The molecule has 0 unspecified atom stereocenters. The third-order valence-electron chi connectivity index (χ3n) is 6.01. The molecule has 3 heterocycles. The predicted octanol–water partition coefficient (Wildman–Crippen LogP) is 2.81. The van der Waals surface area contributed by atoms with Gasteiger partial charge in [0.15, 0.2) is 0 Å². The van der Waals surface area contributed by atoms with Gasteiger partial charge < -0.3 is 9.64 Å². The Bertz CT molecular complexity index is 839. The molecule has 2 aromatic rings. The van der Waals surface area contributed by atoms with Crippen molar-refractivity contribution in [1.29, 1.82) is 0 Å². The van der Waals surface area contributed by atoms with Gasteiger partial charge in [0.05, 0.1) is 12.5 Å². The first-order valence-electron chi connectivity index (χ1n) is 10.0. The van der Waals surface area contributed by atoms with Gasteiger partial charge in [0.1, 0.15) is 11.6 Å². The number of aromatic nitrogens is 2. The van der Waals surface area contributed by atoms with E-state index in [0.29, 0.717) is 12.5 Å². The Morgan fingerprint density at radius 1 is 1.11 bits per heavy atom. The van der Waals surface area contributed by atoms with Gasteiger partial charge in [-0.25, -0.2) is 9.97 Å². The molecule has 0 aliphatic carbocycles. The SMILES string of the molecule is COc1cccc(CN2CCC[C@@]3(CCN(Cc4cnc(C)nc4)C3)C2=O)c1. The second-order valence-electron chi connectivity index (χ2n) is 8.06. The minimum atomic E-state index is -0.233. The maximum atomic E-state index is 13.4. The fourth-order valence-electron chi connectivity index (χ4n) is 4.53. The number of nitrogens with zero attached hydrogens (tertiary/aromatic N) is 4. The van der Waals surface area contributed by atoms with E-state index in [2.05, 4.69) is 20.9 Å². The van der Waals surface area contributed by atoms with Crippen molar-refractivity contribution in [2.45, 2.75) is 39.3 Å². The van der Waals surface area contributed by atoms with Crippen molar-refractivity contribution in [1.82, 2.24) is 19.8 Å². The van der Waals surface area contributed by atoms with Gasteiger partial charge in [-0.15, -0.1) is 0 Å². The molecule has 2 aliphatic heterocycles. The van der Waals surface area contributed by atoms with E-state index in [1.807, 2.05) is 42.4 Å². The van der Waals surface area contributed by atoms with Crippen molar-refractivity contribution in [2.24, 2.45) is 5.41 Å². The lowest BCUT2D eigenvalue weighted by molar-refractivity contribution is -0.146. The lowest BCUT2D eigenvalue weighted by Crippen LogP contribution is -2.49. The summed E-state index contributed by atoms with van der Waals surface area (Å²) in [4.78, 5) is 26.4. The van der Waals surface area contributed by atoms with Crippen LogP contribution in [0.25, 0.3) is 0 Å². The topological polar surface area (TPSA) is 58.6 Å². The fraction of sp³-hybridized carbons (Fsp3) is 0.500. The first kappa shape index (κ1) is 18.9. The van der Waals surface area contributed by atoms with E-state index in [9.17, 15) is 4.79 Å². The van der Waals surface area contributed by atoms with Crippen LogP contribution in [0.4, 0.5) is 0 Å². The first-order chi connectivity index (χ1) is 13.6. The van der Waals surface area contributed by atoms with Crippen molar-refractivity contribution in [3.8, 4) is 5.75 Å². The summed E-state index contributed by atoms with van der Waals surface area (Å²) in [6.07, 6.45) is 6.78. The average Bonchev–Trinajstić information content (AvgIpc) is 3.11.